The molecule has 0 radical (unpaired) electrons. The summed E-state index contributed by atoms with van der Waals surface area (Å²) in [5, 5.41) is 0. The largest absolute Gasteiger partial charge is 0.460 e. The van der Waals surface area contributed by atoms with Crippen LogP contribution >= 0.6 is 11.6 Å². The van der Waals surface area contributed by atoms with E-state index in [0.717, 1.165) is 0 Å². The summed E-state index contributed by atoms with van der Waals surface area (Å²) in [4.78, 5) is 10.6. The van der Waals surface area contributed by atoms with Gasteiger partial charge >= 0.3 is 5.97 Å². The van der Waals surface area contributed by atoms with Gasteiger partial charge in [0.25, 0.3) is 0 Å². The highest BCUT2D eigenvalue weighted by atomic mass is 35.5. The minimum absolute atomic E-state index is 0.0599. The molecule has 1 aliphatic heterocycles. The zero-order chi connectivity index (χ0) is 9.19. The van der Waals surface area contributed by atoms with Crippen LogP contribution in [-0.2, 0) is 19.4 Å². The predicted octanol–water partition coefficient (Wildman–Crippen LogP) is -0.0445. The predicted molar refractivity (Wildman–Crippen MR) is 43.9 cm³/mol. The van der Waals surface area contributed by atoms with Gasteiger partial charge in [-0.15, -0.1) is 11.6 Å². The van der Waals surface area contributed by atoms with Gasteiger partial charge in [-0.3, -0.25) is 4.79 Å². The summed E-state index contributed by atoms with van der Waals surface area (Å²) < 4.78 is 26.5. The molecule has 0 bridgehead atoms. The lowest BCUT2D eigenvalue weighted by Gasteiger charge is -2.07. The Bertz CT molecular complexity index is 271. The van der Waals surface area contributed by atoms with Crippen molar-refractivity contribution in [1.82, 2.24) is 0 Å². The minimum atomic E-state index is -2.97. The number of hydrogen-bond acceptors (Lipinski definition) is 4. The van der Waals surface area contributed by atoms with Gasteiger partial charge in [-0.1, -0.05) is 0 Å². The molecule has 0 aromatic heterocycles. The van der Waals surface area contributed by atoms with E-state index >= 15 is 0 Å². The highest BCUT2D eigenvalue weighted by Crippen LogP contribution is 2.14. The second-order valence-electron chi connectivity index (χ2n) is 2.65. The van der Waals surface area contributed by atoms with E-state index in [1.165, 1.54) is 0 Å². The lowest BCUT2D eigenvalue weighted by Crippen LogP contribution is -2.19. The Labute approximate surface area is 75.8 Å². The van der Waals surface area contributed by atoms with Gasteiger partial charge in [0.15, 0.2) is 9.84 Å². The Hall–Kier alpha value is -0.290. The Morgan fingerprint density at radius 3 is 2.67 bits per heavy atom. The van der Waals surface area contributed by atoms with Crippen LogP contribution in [0.25, 0.3) is 0 Å². The van der Waals surface area contributed by atoms with Crippen LogP contribution in [0.1, 0.15) is 6.42 Å². The normalized spacial score (nSPS) is 26.9. The van der Waals surface area contributed by atoms with E-state index in [4.69, 9.17) is 16.3 Å². The van der Waals surface area contributed by atoms with Gasteiger partial charge in [0.1, 0.15) is 12.0 Å². The van der Waals surface area contributed by atoms with E-state index < -0.39 is 21.9 Å². The van der Waals surface area contributed by atoms with Crippen LogP contribution in [0.2, 0.25) is 0 Å². The maximum atomic E-state index is 10.9. The third-order valence-corrected chi connectivity index (χ3v) is 3.55. The van der Waals surface area contributed by atoms with Crippen LogP contribution in [0.3, 0.4) is 0 Å². The van der Waals surface area contributed by atoms with Gasteiger partial charge in [0, 0.05) is 0 Å². The fourth-order valence-corrected chi connectivity index (χ4v) is 2.72. The van der Waals surface area contributed by atoms with Gasteiger partial charge < -0.3 is 4.74 Å². The number of alkyl halides is 1. The SMILES string of the molecule is O=C(CCl)O[C@@H]1CCS(=O)(=O)C1. The molecule has 6 heteroatoms. The first-order valence-electron chi connectivity index (χ1n) is 3.49. The van der Waals surface area contributed by atoms with Crippen molar-refractivity contribution in [2.45, 2.75) is 12.5 Å². The molecule has 0 aliphatic carbocycles. The summed E-state index contributed by atoms with van der Waals surface area (Å²) in [5.41, 5.74) is 0. The van der Waals surface area contributed by atoms with E-state index in [9.17, 15) is 13.2 Å². The van der Waals surface area contributed by atoms with Gasteiger partial charge in [-0.2, -0.15) is 0 Å². The topological polar surface area (TPSA) is 60.4 Å². The van der Waals surface area contributed by atoms with Crippen LogP contribution in [0.4, 0.5) is 0 Å². The molecule has 1 saturated heterocycles. The zero-order valence-electron chi connectivity index (χ0n) is 6.32. The molecule has 0 spiro atoms. The van der Waals surface area contributed by atoms with Crippen LogP contribution in [0.15, 0.2) is 0 Å². The second kappa shape index (κ2) is 3.62. The van der Waals surface area contributed by atoms with Crippen molar-refractivity contribution in [3.8, 4) is 0 Å². The average Bonchev–Trinajstić information content (AvgIpc) is 2.30. The molecule has 0 amide bonds. The highest BCUT2D eigenvalue weighted by Gasteiger charge is 2.30. The van der Waals surface area contributed by atoms with E-state index in [1.54, 1.807) is 0 Å². The lowest BCUT2D eigenvalue weighted by atomic mass is 10.3. The monoisotopic (exact) mass is 212 g/mol. The molecule has 1 heterocycles. The molecule has 1 atom stereocenters. The van der Waals surface area contributed by atoms with E-state index in [1.807, 2.05) is 0 Å². The number of carbonyl (C=O) groups is 1. The Kier molecular flexibility index (Phi) is 2.95. The van der Waals surface area contributed by atoms with Crippen LogP contribution in [0.5, 0.6) is 0 Å². The molecule has 0 N–H and O–H groups in total. The number of ether oxygens (including phenoxy) is 1. The second-order valence-corrected chi connectivity index (χ2v) is 5.14. The van der Waals surface area contributed by atoms with Crippen LogP contribution in [-0.4, -0.2) is 37.9 Å². The molecule has 0 saturated carbocycles. The van der Waals surface area contributed by atoms with Gasteiger partial charge in [0.2, 0.25) is 0 Å². The molecule has 1 rings (SSSR count). The number of halogens is 1. The molecular weight excluding hydrogens is 204 g/mol. The van der Waals surface area contributed by atoms with Crippen molar-refractivity contribution in [2.24, 2.45) is 0 Å². The van der Waals surface area contributed by atoms with Crippen LogP contribution < -0.4 is 0 Å². The fraction of sp³-hybridized carbons (Fsp3) is 0.833. The summed E-state index contributed by atoms with van der Waals surface area (Å²) in [6, 6.07) is 0. The third-order valence-electron chi connectivity index (χ3n) is 1.60. The fourth-order valence-electron chi connectivity index (χ4n) is 1.07. The maximum Gasteiger partial charge on any atom is 0.321 e. The van der Waals surface area contributed by atoms with Crippen molar-refractivity contribution >= 4 is 27.4 Å². The Morgan fingerprint density at radius 2 is 2.25 bits per heavy atom. The third kappa shape index (κ3) is 2.64. The standard InChI is InChI=1S/C6H9ClO4S/c7-3-6(8)11-5-1-2-12(9,10)4-5/h5H,1-4H2/t5-/m1/s1. The number of rotatable bonds is 2. The highest BCUT2D eigenvalue weighted by molar-refractivity contribution is 7.91. The molecule has 1 fully saturated rings. The molecule has 0 unspecified atom stereocenters. The molecule has 12 heavy (non-hydrogen) atoms. The number of hydrogen-bond donors (Lipinski definition) is 0. The summed E-state index contributed by atoms with van der Waals surface area (Å²) in [6.07, 6.45) is -0.0911. The Morgan fingerprint density at radius 1 is 1.58 bits per heavy atom. The number of sulfone groups is 1. The first-order chi connectivity index (χ1) is 5.53. The average molecular weight is 213 g/mol. The molecular formula is C6H9ClO4S. The number of esters is 1. The van der Waals surface area contributed by atoms with Crippen molar-refractivity contribution in [1.29, 1.82) is 0 Å². The van der Waals surface area contributed by atoms with E-state index in [0.29, 0.717) is 6.42 Å². The first kappa shape index (κ1) is 9.80. The minimum Gasteiger partial charge on any atom is -0.460 e. The molecule has 4 nitrogen and oxygen atoms in total. The summed E-state index contributed by atoms with van der Waals surface area (Å²) in [7, 11) is -2.97. The summed E-state index contributed by atoms with van der Waals surface area (Å²) in [5.74, 6) is -0.738. The van der Waals surface area contributed by atoms with Crippen molar-refractivity contribution in [3.05, 3.63) is 0 Å². The summed E-state index contributed by atoms with van der Waals surface area (Å²) >= 11 is 5.18. The smallest absolute Gasteiger partial charge is 0.321 e. The van der Waals surface area contributed by atoms with Gasteiger partial charge in [-0.25, -0.2) is 8.42 Å². The van der Waals surface area contributed by atoms with Crippen molar-refractivity contribution in [3.63, 3.8) is 0 Å². The number of carbonyl (C=O) groups excluding carboxylic acids is 1. The van der Waals surface area contributed by atoms with Gasteiger partial charge in [-0.05, 0) is 6.42 Å². The zero-order valence-corrected chi connectivity index (χ0v) is 7.90. The molecule has 0 aromatic rings. The molecule has 70 valence electrons. The van der Waals surface area contributed by atoms with E-state index in [2.05, 4.69) is 0 Å². The van der Waals surface area contributed by atoms with Crippen LogP contribution in [0, 0.1) is 0 Å². The summed E-state index contributed by atoms with van der Waals surface area (Å²) in [6.45, 7) is 0. The van der Waals surface area contributed by atoms with Gasteiger partial charge in [0.05, 0.1) is 11.5 Å². The lowest BCUT2D eigenvalue weighted by molar-refractivity contribution is -0.144. The van der Waals surface area contributed by atoms with Crippen molar-refractivity contribution in [2.75, 3.05) is 17.4 Å². The molecule has 0 aromatic carbocycles. The quantitative estimate of drug-likeness (QED) is 0.476. The maximum absolute atomic E-state index is 10.9. The van der Waals surface area contributed by atoms with Crippen molar-refractivity contribution < 1.29 is 17.9 Å². The molecule has 1 aliphatic rings. The first-order valence-corrected chi connectivity index (χ1v) is 5.85. The Balaban J connectivity index is 2.43. The van der Waals surface area contributed by atoms with E-state index in [-0.39, 0.29) is 17.4 Å².